The zero-order valence-electron chi connectivity index (χ0n) is 12.4. The summed E-state index contributed by atoms with van der Waals surface area (Å²) >= 11 is 0. The summed E-state index contributed by atoms with van der Waals surface area (Å²) < 4.78 is 0. The summed E-state index contributed by atoms with van der Waals surface area (Å²) in [6.07, 6.45) is 4.63. The molecule has 6 nitrogen and oxygen atoms in total. The highest BCUT2D eigenvalue weighted by molar-refractivity contribution is 5.96. The Kier molecular flexibility index (Phi) is 4.02. The minimum Gasteiger partial charge on any atom is -0.395 e. The average molecular weight is 298 g/mol. The average Bonchev–Trinajstić information content (AvgIpc) is 2.56. The number of hydrogen-bond acceptors (Lipinski definition) is 5. The Labute approximate surface area is 128 Å². The molecule has 0 radical (unpaired) electrons. The van der Waals surface area contributed by atoms with Gasteiger partial charge in [0.15, 0.2) is 0 Å². The molecule has 0 saturated carbocycles. The number of aromatic nitrogens is 2. The van der Waals surface area contributed by atoms with Crippen molar-refractivity contribution in [3.05, 3.63) is 36.2 Å². The third kappa shape index (κ3) is 2.78. The smallest absolute Gasteiger partial charge is 0.227 e. The fraction of sp³-hybridized carbons (Fsp3) is 0.312. The number of carbonyl (C=O) groups is 1. The van der Waals surface area contributed by atoms with Crippen molar-refractivity contribution >= 4 is 17.4 Å². The molecule has 22 heavy (non-hydrogen) atoms. The highest BCUT2D eigenvalue weighted by Crippen LogP contribution is 2.30. The molecule has 1 aliphatic heterocycles. The molecule has 0 spiro atoms. The lowest BCUT2D eigenvalue weighted by molar-refractivity contribution is -0.118. The van der Waals surface area contributed by atoms with Gasteiger partial charge in [-0.15, -0.1) is 0 Å². The number of aryl methyl sites for hydroxylation is 1. The molecule has 0 atom stereocenters. The molecule has 3 rings (SSSR count). The van der Waals surface area contributed by atoms with Crippen molar-refractivity contribution in [1.82, 2.24) is 9.97 Å². The molecule has 1 aromatic carbocycles. The number of amides is 1. The van der Waals surface area contributed by atoms with Gasteiger partial charge < -0.3 is 15.3 Å². The second-order valence-electron chi connectivity index (χ2n) is 5.24. The van der Waals surface area contributed by atoms with Crippen LogP contribution in [0.4, 0.5) is 11.5 Å². The standard InChI is InChI=1S/C16H18N4O2/c1-20-14-4-2-11(8-12(14)3-5-16(20)22)13-9-17-10-15(19-13)18-6-7-21/h2,4,8-10,21H,3,5-7H2,1H3,(H,18,19). The first-order valence-corrected chi connectivity index (χ1v) is 7.25. The summed E-state index contributed by atoms with van der Waals surface area (Å²) in [7, 11) is 1.80. The Hall–Kier alpha value is -2.47. The van der Waals surface area contributed by atoms with Gasteiger partial charge in [0.1, 0.15) is 5.82 Å². The predicted molar refractivity (Wildman–Crippen MR) is 84.8 cm³/mol. The number of benzene rings is 1. The number of aliphatic hydroxyl groups excluding tert-OH is 1. The van der Waals surface area contributed by atoms with Crippen LogP contribution in [0.1, 0.15) is 12.0 Å². The van der Waals surface area contributed by atoms with E-state index < -0.39 is 0 Å². The Balaban J connectivity index is 1.91. The third-order valence-corrected chi connectivity index (χ3v) is 3.77. The van der Waals surface area contributed by atoms with E-state index in [-0.39, 0.29) is 12.5 Å². The fourth-order valence-corrected chi connectivity index (χ4v) is 2.59. The highest BCUT2D eigenvalue weighted by Gasteiger charge is 2.21. The van der Waals surface area contributed by atoms with Crippen molar-refractivity contribution in [3.8, 4) is 11.3 Å². The van der Waals surface area contributed by atoms with Crippen LogP contribution in [0.15, 0.2) is 30.6 Å². The zero-order chi connectivity index (χ0) is 15.5. The number of aliphatic hydroxyl groups is 1. The van der Waals surface area contributed by atoms with Crippen LogP contribution < -0.4 is 10.2 Å². The minimum absolute atomic E-state index is 0.0467. The van der Waals surface area contributed by atoms with Gasteiger partial charge in [-0.25, -0.2) is 4.98 Å². The van der Waals surface area contributed by atoms with E-state index in [1.165, 1.54) is 0 Å². The van der Waals surface area contributed by atoms with Crippen LogP contribution in [0, 0.1) is 0 Å². The zero-order valence-corrected chi connectivity index (χ0v) is 12.4. The second-order valence-corrected chi connectivity index (χ2v) is 5.24. The molecule has 0 unspecified atom stereocenters. The van der Waals surface area contributed by atoms with Crippen molar-refractivity contribution in [1.29, 1.82) is 0 Å². The van der Waals surface area contributed by atoms with Gasteiger partial charge in [0.2, 0.25) is 5.91 Å². The van der Waals surface area contributed by atoms with Gasteiger partial charge in [0, 0.05) is 31.3 Å². The number of nitrogens with one attached hydrogen (secondary N) is 1. The molecule has 2 heterocycles. The number of anilines is 2. The molecule has 114 valence electrons. The van der Waals surface area contributed by atoms with Gasteiger partial charge >= 0.3 is 0 Å². The summed E-state index contributed by atoms with van der Waals surface area (Å²) in [6.45, 7) is 0.486. The normalized spacial score (nSPS) is 13.9. The van der Waals surface area contributed by atoms with E-state index in [1.807, 2.05) is 12.1 Å². The Morgan fingerprint density at radius 2 is 2.18 bits per heavy atom. The monoisotopic (exact) mass is 298 g/mol. The van der Waals surface area contributed by atoms with Gasteiger partial charge in [-0.1, -0.05) is 6.07 Å². The van der Waals surface area contributed by atoms with Crippen LogP contribution in [-0.4, -0.2) is 41.2 Å². The maximum absolute atomic E-state index is 11.7. The van der Waals surface area contributed by atoms with Crippen LogP contribution in [-0.2, 0) is 11.2 Å². The van der Waals surface area contributed by atoms with E-state index in [9.17, 15) is 4.79 Å². The largest absolute Gasteiger partial charge is 0.395 e. The van der Waals surface area contributed by atoms with Crippen molar-refractivity contribution in [2.24, 2.45) is 0 Å². The number of fused-ring (bicyclic) bond motifs is 1. The van der Waals surface area contributed by atoms with Gasteiger partial charge in [0.05, 0.1) is 24.7 Å². The molecular formula is C16H18N4O2. The molecule has 0 bridgehead atoms. The first-order chi connectivity index (χ1) is 10.7. The van der Waals surface area contributed by atoms with Crippen LogP contribution in [0.3, 0.4) is 0 Å². The molecule has 6 heteroatoms. The SMILES string of the molecule is CN1C(=O)CCc2cc(-c3cncc(NCCO)n3)ccc21. The van der Waals surface area contributed by atoms with E-state index in [0.29, 0.717) is 18.8 Å². The van der Waals surface area contributed by atoms with Gasteiger partial charge in [-0.05, 0) is 24.1 Å². The topological polar surface area (TPSA) is 78.4 Å². The fourth-order valence-electron chi connectivity index (χ4n) is 2.59. The third-order valence-electron chi connectivity index (χ3n) is 3.77. The molecule has 0 aliphatic carbocycles. The molecule has 2 aromatic rings. The highest BCUT2D eigenvalue weighted by atomic mass is 16.3. The Morgan fingerprint density at radius 3 is 3.00 bits per heavy atom. The second kappa shape index (κ2) is 6.11. The number of hydrogen-bond donors (Lipinski definition) is 2. The summed E-state index contributed by atoms with van der Waals surface area (Å²) in [4.78, 5) is 22.1. The van der Waals surface area contributed by atoms with E-state index in [0.717, 1.165) is 28.9 Å². The number of nitrogens with zero attached hydrogens (tertiary/aromatic N) is 3. The molecule has 2 N–H and O–H groups in total. The number of carbonyl (C=O) groups excluding carboxylic acids is 1. The summed E-state index contributed by atoms with van der Waals surface area (Å²) in [6, 6.07) is 5.98. The van der Waals surface area contributed by atoms with E-state index in [2.05, 4.69) is 21.4 Å². The van der Waals surface area contributed by atoms with Gasteiger partial charge in [-0.3, -0.25) is 9.78 Å². The molecule has 0 fully saturated rings. The van der Waals surface area contributed by atoms with E-state index in [1.54, 1.807) is 24.3 Å². The molecule has 1 aliphatic rings. The van der Waals surface area contributed by atoms with E-state index >= 15 is 0 Å². The maximum Gasteiger partial charge on any atom is 0.227 e. The van der Waals surface area contributed by atoms with Crippen molar-refractivity contribution in [2.45, 2.75) is 12.8 Å². The van der Waals surface area contributed by atoms with Crippen molar-refractivity contribution < 1.29 is 9.90 Å². The predicted octanol–water partition coefficient (Wildman–Crippen LogP) is 1.46. The summed E-state index contributed by atoms with van der Waals surface area (Å²) in [5.41, 5.74) is 3.85. The Bertz CT molecular complexity index is 702. The van der Waals surface area contributed by atoms with Crippen LogP contribution >= 0.6 is 0 Å². The summed E-state index contributed by atoms with van der Waals surface area (Å²) in [5, 5.41) is 11.9. The van der Waals surface area contributed by atoms with Crippen molar-refractivity contribution in [2.75, 3.05) is 30.4 Å². The van der Waals surface area contributed by atoms with E-state index in [4.69, 9.17) is 5.11 Å². The molecule has 0 saturated heterocycles. The molecular weight excluding hydrogens is 280 g/mol. The first-order valence-electron chi connectivity index (χ1n) is 7.25. The maximum atomic E-state index is 11.7. The van der Waals surface area contributed by atoms with Crippen LogP contribution in [0.2, 0.25) is 0 Å². The van der Waals surface area contributed by atoms with Gasteiger partial charge in [0.25, 0.3) is 0 Å². The minimum atomic E-state index is 0.0467. The Morgan fingerprint density at radius 1 is 1.32 bits per heavy atom. The van der Waals surface area contributed by atoms with Crippen LogP contribution in [0.25, 0.3) is 11.3 Å². The number of rotatable bonds is 4. The first kappa shape index (κ1) is 14.5. The molecule has 1 amide bonds. The lowest BCUT2D eigenvalue weighted by atomic mass is 9.98. The summed E-state index contributed by atoms with van der Waals surface area (Å²) in [5.74, 6) is 0.784. The van der Waals surface area contributed by atoms with Crippen molar-refractivity contribution in [3.63, 3.8) is 0 Å². The van der Waals surface area contributed by atoms with Gasteiger partial charge in [-0.2, -0.15) is 0 Å². The van der Waals surface area contributed by atoms with Crippen LogP contribution in [0.5, 0.6) is 0 Å². The quantitative estimate of drug-likeness (QED) is 0.893. The lowest BCUT2D eigenvalue weighted by Gasteiger charge is -2.26. The molecule has 1 aromatic heterocycles. The lowest BCUT2D eigenvalue weighted by Crippen LogP contribution is -2.30.